The minimum absolute atomic E-state index is 0.108. The highest BCUT2D eigenvalue weighted by atomic mass is 79.9. The highest BCUT2D eigenvalue weighted by Crippen LogP contribution is 2.25. The average Bonchev–Trinajstić information content (AvgIpc) is 2.32. The van der Waals surface area contributed by atoms with Crippen LogP contribution in [-0.4, -0.2) is 12.6 Å². The first kappa shape index (κ1) is 14.2. The Morgan fingerprint density at radius 2 is 1.94 bits per heavy atom. The van der Waals surface area contributed by atoms with Gasteiger partial charge in [-0.05, 0) is 31.0 Å². The summed E-state index contributed by atoms with van der Waals surface area (Å²) < 4.78 is 6.16. The normalized spacial score (nSPS) is 12.2. The quantitative estimate of drug-likeness (QED) is 0.733. The summed E-state index contributed by atoms with van der Waals surface area (Å²) in [6.07, 6.45) is 2.99. The van der Waals surface area contributed by atoms with Crippen molar-refractivity contribution in [2.75, 3.05) is 6.61 Å². The van der Waals surface area contributed by atoms with Gasteiger partial charge in [-0.2, -0.15) is 0 Å². The zero-order chi connectivity index (χ0) is 12.7. The molecule has 0 aliphatic rings. The first-order chi connectivity index (χ1) is 8.19. The Hall–Kier alpha value is -0.830. The maximum Gasteiger partial charge on any atom is 0.313 e. The molecule has 1 rings (SSSR count). The predicted octanol–water partition coefficient (Wildman–Crippen LogP) is 4.29. The second-order valence-electron chi connectivity index (χ2n) is 4.00. The molecule has 0 heterocycles. The van der Waals surface area contributed by atoms with Crippen LogP contribution in [0.2, 0.25) is 0 Å². The van der Waals surface area contributed by atoms with E-state index in [1.54, 1.807) is 0 Å². The minimum Gasteiger partial charge on any atom is -0.466 e. The standard InChI is InChI=1S/C14H19BrO2/c1-3-5-6-13(14(16)17-4-2)11-7-9-12(15)10-8-11/h7-10,13H,3-6H2,1-2H3. The zero-order valence-electron chi connectivity index (χ0n) is 10.4. The molecule has 94 valence electrons. The Bertz CT molecular complexity index is 346. The molecule has 1 aromatic carbocycles. The molecule has 2 nitrogen and oxygen atoms in total. The third-order valence-corrected chi connectivity index (χ3v) is 3.22. The molecule has 0 aromatic heterocycles. The van der Waals surface area contributed by atoms with E-state index in [0.29, 0.717) is 6.61 Å². The van der Waals surface area contributed by atoms with Crippen molar-refractivity contribution in [1.82, 2.24) is 0 Å². The SMILES string of the molecule is CCCCC(C(=O)OCC)c1ccc(Br)cc1. The lowest BCUT2D eigenvalue weighted by Gasteiger charge is -2.15. The molecule has 0 radical (unpaired) electrons. The summed E-state index contributed by atoms with van der Waals surface area (Å²) in [4.78, 5) is 11.9. The molecule has 0 saturated heterocycles. The molecule has 1 aromatic rings. The number of carbonyl (C=O) groups excluding carboxylic acids is 1. The van der Waals surface area contributed by atoms with Gasteiger partial charge >= 0.3 is 5.97 Å². The van der Waals surface area contributed by atoms with Gasteiger partial charge in [0.2, 0.25) is 0 Å². The third kappa shape index (κ3) is 4.50. The van der Waals surface area contributed by atoms with Crippen LogP contribution in [0, 0.1) is 0 Å². The molecular weight excluding hydrogens is 280 g/mol. The molecule has 0 saturated carbocycles. The Balaban J connectivity index is 2.81. The smallest absolute Gasteiger partial charge is 0.313 e. The van der Waals surface area contributed by atoms with E-state index >= 15 is 0 Å². The van der Waals surface area contributed by atoms with Crippen molar-refractivity contribution in [2.24, 2.45) is 0 Å². The van der Waals surface area contributed by atoms with Crippen molar-refractivity contribution in [1.29, 1.82) is 0 Å². The monoisotopic (exact) mass is 298 g/mol. The van der Waals surface area contributed by atoms with Gasteiger partial charge in [-0.1, -0.05) is 47.8 Å². The number of carbonyl (C=O) groups is 1. The lowest BCUT2D eigenvalue weighted by atomic mass is 9.94. The summed E-state index contributed by atoms with van der Waals surface area (Å²) in [7, 11) is 0. The van der Waals surface area contributed by atoms with Crippen molar-refractivity contribution in [2.45, 2.75) is 39.0 Å². The van der Waals surface area contributed by atoms with Crippen LogP contribution in [0.1, 0.15) is 44.6 Å². The number of halogens is 1. The van der Waals surface area contributed by atoms with E-state index in [1.807, 2.05) is 31.2 Å². The van der Waals surface area contributed by atoms with Crippen LogP contribution >= 0.6 is 15.9 Å². The summed E-state index contributed by atoms with van der Waals surface area (Å²) in [6, 6.07) is 7.91. The van der Waals surface area contributed by atoms with E-state index in [1.165, 1.54) is 0 Å². The highest BCUT2D eigenvalue weighted by molar-refractivity contribution is 9.10. The number of benzene rings is 1. The number of hydrogen-bond donors (Lipinski definition) is 0. The van der Waals surface area contributed by atoms with Crippen LogP contribution in [0.25, 0.3) is 0 Å². The summed E-state index contributed by atoms with van der Waals surface area (Å²) >= 11 is 3.40. The first-order valence-corrected chi connectivity index (χ1v) is 6.90. The maximum atomic E-state index is 11.9. The van der Waals surface area contributed by atoms with Gasteiger partial charge in [0.25, 0.3) is 0 Å². The molecule has 17 heavy (non-hydrogen) atoms. The molecule has 3 heteroatoms. The van der Waals surface area contributed by atoms with Gasteiger partial charge in [0.05, 0.1) is 12.5 Å². The Morgan fingerprint density at radius 1 is 1.29 bits per heavy atom. The van der Waals surface area contributed by atoms with Crippen LogP contribution in [0.5, 0.6) is 0 Å². The number of esters is 1. The predicted molar refractivity (Wildman–Crippen MR) is 73.0 cm³/mol. The van der Waals surface area contributed by atoms with Crippen LogP contribution in [0.4, 0.5) is 0 Å². The second kappa shape index (κ2) is 7.49. The van der Waals surface area contributed by atoms with E-state index < -0.39 is 0 Å². The molecule has 1 unspecified atom stereocenters. The highest BCUT2D eigenvalue weighted by Gasteiger charge is 2.20. The summed E-state index contributed by atoms with van der Waals surface area (Å²) in [6.45, 7) is 4.41. The number of rotatable bonds is 6. The van der Waals surface area contributed by atoms with Crippen LogP contribution in [0.3, 0.4) is 0 Å². The van der Waals surface area contributed by atoms with E-state index in [-0.39, 0.29) is 11.9 Å². The van der Waals surface area contributed by atoms with Gasteiger partial charge in [-0.15, -0.1) is 0 Å². The second-order valence-corrected chi connectivity index (χ2v) is 4.91. The summed E-state index contributed by atoms with van der Waals surface area (Å²) in [5.74, 6) is -0.230. The van der Waals surface area contributed by atoms with E-state index in [4.69, 9.17) is 4.74 Å². The lowest BCUT2D eigenvalue weighted by Crippen LogP contribution is -2.16. The molecule has 0 fully saturated rings. The lowest BCUT2D eigenvalue weighted by molar-refractivity contribution is -0.145. The maximum absolute atomic E-state index is 11.9. The zero-order valence-corrected chi connectivity index (χ0v) is 12.0. The first-order valence-electron chi connectivity index (χ1n) is 6.11. The molecule has 0 aliphatic carbocycles. The van der Waals surface area contributed by atoms with Crippen molar-refractivity contribution < 1.29 is 9.53 Å². The minimum atomic E-state index is -0.122. The van der Waals surface area contributed by atoms with Crippen LogP contribution in [-0.2, 0) is 9.53 Å². The Labute approximate surface area is 111 Å². The summed E-state index contributed by atoms with van der Waals surface area (Å²) in [5.41, 5.74) is 1.04. The van der Waals surface area contributed by atoms with E-state index in [0.717, 1.165) is 29.3 Å². The average molecular weight is 299 g/mol. The largest absolute Gasteiger partial charge is 0.466 e. The van der Waals surface area contributed by atoms with Gasteiger partial charge in [0.1, 0.15) is 0 Å². The van der Waals surface area contributed by atoms with Crippen molar-refractivity contribution in [3.63, 3.8) is 0 Å². The van der Waals surface area contributed by atoms with Crippen LogP contribution < -0.4 is 0 Å². The molecule has 0 bridgehead atoms. The Kier molecular flexibility index (Phi) is 6.27. The molecule has 0 aliphatic heterocycles. The van der Waals surface area contributed by atoms with Gasteiger partial charge in [0, 0.05) is 4.47 Å². The molecule has 0 spiro atoms. The van der Waals surface area contributed by atoms with Crippen LogP contribution in [0.15, 0.2) is 28.7 Å². The van der Waals surface area contributed by atoms with Crippen molar-refractivity contribution in [3.05, 3.63) is 34.3 Å². The topological polar surface area (TPSA) is 26.3 Å². The number of ether oxygens (including phenoxy) is 1. The number of hydrogen-bond acceptors (Lipinski definition) is 2. The van der Waals surface area contributed by atoms with Gasteiger partial charge in [-0.3, -0.25) is 4.79 Å². The molecule has 0 N–H and O–H groups in total. The van der Waals surface area contributed by atoms with Crippen molar-refractivity contribution in [3.8, 4) is 0 Å². The van der Waals surface area contributed by atoms with Gasteiger partial charge in [0.15, 0.2) is 0 Å². The number of unbranched alkanes of at least 4 members (excludes halogenated alkanes) is 1. The van der Waals surface area contributed by atoms with E-state index in [9.17, 15) is 4.79 Å². The fourth-order valence-electron chi connectivity index (χ4n) is 1.77. The van der Waals surface area contributed by atoms with E-state index in [2.05, 4.69) is 22.9 Å². The fourth-order valence-corrected chi connectivity index (χ4v) is 2.03. The molecule has 0 amide bonds. The molecular formula is C14H19BrO2. The molecule has 1 atom stereocenters. The van der Waals surface area contributed by atoms with Gasteiger partial charge in [-0.25, -0.2) is 0 Å². The fraction of sp³-hybridized carbons (Fsp3) is 0.500. The van der Waals surface area contributed by atoms with Gasteiger partial charge < -0.3 is 4.74 Å². The Morgan fingerprint density at radius 3 is 2.47 bits per heavy atom. The summed E-state index contributed by atoms with van der Waals surface area (Å²) in [5, 5.41) is 0. The third-order valence-electron chi connectivity index (χ3n) is 2.69. The van der Waals surface area contributed by atoms with Crippen molar-refractivity contribution >= 4 is 21.9 Å².